The first-order valence-corrected chi connectivity index (χ1v) is 15.5. The van der Waals surface area contributed by atoms with Gasteiger partial charge in [0.05, 0.1) is 34.7 Å². The highest BCUT2D eigenvalue weighted by molar-refractivity contribution is 7.86. The van der Waals surface area contributed by atoms with Gasteiger partial charge in [-0.15, -0.1) is 0 Å². The van der Waals surface area contributed by atoms with Crippen molar-refractivity contribution in [3.8, 4) is 5.69 Å². The van der Waals surface area contributed by atoms with E-state index in [0.29, 0.717) is 86.7 Å². The lowest BCUT2D eigenvalue weighted by molar-refractivity contribution is -0.119. The van der Waals surface area contributed by atoms with Crippen molar-refractivity contribution in [2.75, 3.05) is 51.1 Å². The van der Waals surface area contributed by atoms with Crippen LogP contribution >= 0.6 is 0 Å². The normalized spacial score (nSPS) is 20.6. The Morgan fingerprint density at radius 1 is 1.07 bits per heavy atom. The van der Waals surface area contributed by atoms with E-state index in [1.54, 1.807) is 29.8 Å². The molecule has 1 aromatic heterocycles. The smallest absolute Gasteiger partial charge is 0.282 e. The Hall–Kier alpha value is -3.53. The third-order valence-corrected chi connectivity index (χ3v) is 10.2. The molecule has 0 radical (unpaired) electrons. The zero-order chi connectivity index (χ0) is 30.4. The molecule has 228 valence electrons. The van der Waals surface area contributed by atoms with Gasteiger partial charge in [-0.3, -0.25) is 19.3 Å². The molecular formula is C27H39N9O5S. The monoisotopic (exact) mass is 601 g/mol. The number of amides is 3. The molecular weight excluding hydrogens is 562 g/mol. The summed E-state index contributed by atoms with van der Waals surface area (Å²) in [6, 6.07) is 5.13. The van der Waals surface area contributed by atoms with Gasteiger partial charge < -0.3 is 22.1 Å². The number of aromatic nitrogens is 2. The number of carbonyl (C=O) groups excluding carboxylic acids is 3. The van der Waals surface area contributed by atoms with Crippen molar-refractivity contribution < 1.29 is 22.8 Å². The Morgan fingerprint density at radius 2 is 1.71 bits per heavy atom. The van der Waals surface area contributed by atoms with E-state index in [9.17, 15) is 22.8 Å². The Kier molecular flexibility index (Phi) is 8.04. The number of carbonyl (C=O) groups is 3. The summed E-state index contributed by atoms with van der Waals surface area (Å²) in [6.45, 7) is 7.99. The summed E-state index contributed by atoms with van der Waals surface area (Å²) in [7, 11) is -3.64. The standard InChI is InChI=1S/C27H39N9O5S/c1-17-24-22(15-27(2,3)31-26(24)39)36(32-17)19-4-5-20(25(29)38)21(14-19)30-18-6-8-34(9-7-18)42(40,41)35-12-10-33(11-13-35)16-23(28)37/h4-5,14,18,30H,6-13,15-16H2,1-3H3,(H2,28,37)(H2,29,38)(H,31,39). The molecule has 2 fully saturated rings. The number of nitrogens with zero attached hydrogens (tertiary/aromatic N) is 5. The van der Waals surface area contributed by atoms with Crippen LogP contribution in [0.2, 0.25) is 0 Å². The highest BCUT2D eigenvalue weighted by atomic mass is 32.2. The summed E-state index contributed by atoms with van der Waals surface area (Å²) in [5.41, 5.74) is 14.0. The van der Waals surface area contributed by atoms with Gasteiger partial charge in [-0.1, -0.05) is 0 Å². The molecule has 15 heteroatoms. The number of hydrogen-bond acceptors (Lipinski definition) is 8. The van der Waals surface area contributed by atoms with Gasteiger partial charge in [-0.05, 0) is 51.8 Å². The average molecular weight is 602 g/mol. The number of hydrogen-bond donors (Lipinski definition) is 4. The van der Waals surface area contributed by atoms with Crippen LogP contribution < -0.4 is 22.1 Å². The molecule has 1 aromatic carbocycles. The molecule has 0 atom stereocenters. The number of nitrogens with one attached hydrogen (secondary N) is 2. The third-order valence-electron chi connectivity index (χ3n) is 8.13. The first-order chi connectivity index (χ1) is 19.7. The number of fused-ring (bicyclic) bond motifs is 1. The number of benzene rings is 1. The van der Waals surface area contributed by atoms with E-state index in [1.165, 1.54) is 8.61 Å². The van der Waals surface area contributed by atoms with Gasteiger partial charge in [0.25, 0.3) is 22.0 Å². The zero-order valence-electron chi connectivity index (χ0n) is 24.2. The molecule has 3 aliphatic rings. The number of rotatable bonds is 8. The second kappa shape index (κ2) is 11.3. The first-order valence-electron chi connectivity index (χ1n) is 14.1. The van der Waals surface area contributed by atoms with E-state index in [2.05, 4.69) is 15.7 Å². The van der Waals surface area contributed by atoms with Crippen molar-refractivity contribution in [2.45, 2.75) is 51.6 Å². The molecule has 0 saturated carbocycles. The summed E-state index contributed by atoms with van der Waals surface area (Å²) < 4.78 is 31.3. The lowest BCUT2D eigenvalue weighted by atomic mass is 9.90. The van der Waals surface area contributed by atoms with Gasteiger partial charge in [-0.2, -0.15) is 22.1 Å². The van der Waals surface area contributed by atoms with Crippen LogP contribution in [0.4, 0.5) is 5.69 Å². The van der Waals surface area contributed by atoms with E-state index >= 15 is 0 Å². The summed E-state index contributed by atoms with van der Waals surface area (Å²) in [5, 5.41) is 11.1. The lowest BCUT2D eigenvalue weighted by Crippen LogP contribution is -2.55. The van der Waals surface area contributed by atoms with Gasteiger partial charge in [0.2, 0.25) is 5.91 Å². The van der Waals surface area contributed by atoms with Crippen LogP contribution in [0.1, 0.15) is 58.8 Å². The van der Waals surface area contributed by atoms with E-state index in [-0.39, 0.29) is 18.5 Å². The molecule has 0 bridgehead atoms. The van der Waals surface area contributed by atoms with Crippen molar-refractivity contribution in [1.29, 1.82) is 0 Å². The molecule has 4 heterocycles. The molecule has 0 aliphatic carbocycles. The number of piperazine rings is 1. The highest BCUT2D eigenvalue weighted by Crippen LogP contribution is 2.30. The van der Waals surface area contributed by atoms with Crippen LogP contribution in [-0.2, 0) is 21.4 Å². The topological polar surface area (TPSA) is 189 Å². The zero-order valence-corrected chi connectivity index (χ0v) is 25.0. The fraction of sp³-hybridized carbons (Fsp3) is 0.556. The van der Waals surface area contributed by atoms with Gasteiger partial charge >= 0.3 is 0 Å². The minimum Gasteiger partial charge on any atom is -0.382 e. The highest BCUT2D eigenvalue weighted by Gasteiger charge is 2.37. The number of aryl methyl sites for hydroxylation is 1. The number of nitrogens with two attached hydrogens (primary N) is 2. The second-order valence-corrected chi connectivity index (χ2v) is 13.8. The van der Waals surface area contributed by atoms with Gasteiger partial charge in [-0.25, -0.2) is 4.68 Å². The predicted molar refractivity (Wildman–Crippen MR) is 156 cm³/mol. The van der Waals surface area contributed by atoms with E-state index in [0.717, 1.165) is 5.69 Å². The molecule has 14 nitrogen and oxygen atoms in total. The Labute approximate surface area is 245 Å². The summed E-state index contributed by atoms with van der Waals surface area (Å²) in [5.74, 6) is -1.17. The molecule has 5 rings (SSSR count). The van der Waals surface area contributed by atoms with Crippen LogP contribution in [0.3, 0.4) is 0 Å². The second-order valence-electron chi connectivity index (χ2n) is 11.9. The fourth-order valence-corrected chi connectivity index (χ4v) is 7.65. The van der Waals surface area contributed by atoms with Crippen LogP contribution in [0, 0.1) is 6.92 Å². The van der Waals surface area contributed by atoms with Crippen LogP contribution in [-0.4, -0.2) is 107 Å². The minimum atomic E-state index is -3.64. The Morgan fingerprint density at radius 3 is 2.33 bits per heavy atom. The minimum absolute atomic E-state index is 0.0878. The lowest BCUT2D eigenvalue weighted by Gasteiger charge is -2.38. The fourth-order valence-electron chi connectivity index (χ4n) is 6.03. The SMILES string of the molecule is Cc1nn(-c2ccc(C(N)=O)c(NC3CCN(S(=O)(=O)N4CCN(CC(N)=O)CC4)CC3)c2)c2c1C(=O)NC(C)(C)C2. The first kappa shape index (κ1) is 29.9. The van der Waals surface area contributed by atoms with Gasteiger partial charge in [0.1, 0.15) is 0 Å². The predicted octanol–water partition coefficient (Wildman–Crippen LogP) is -0.432. The third kappa shape index (κ3) is 6.00. The molecule has 0 unspecified atom stereocenters. The number of anilines is 1. The number of piperidine rings is 1. The van der Waals surface area contributed by atoms with Crippen LogP contribution in [0.25, 0.3) is 5.69 Å². The van der Waals surface area contributed by atoms with Gasteiger partial charge in [0, 0.05) is 63.0 Å². The van der Waals surface area contributed by atoms with Crippen molar-refractivity contribution in [3.63, 3.8) is 0 Å². The maximum absolute atomic E-state index is 13.3. The molecule has 6 N–H and O–H groups in total. The van der Waals surface area contributed by atoms with Crippen molar-refractivity contribution >= 4 is 33.6 Å². The van der Waals surface area contributed by atoms with Crippen molar-refractivity contribution in [1.82, 2.24) is 28.6 Å². The molecule has 2 saturated heterocycles. The maximum Gasteiger partial charge on any atom is 0.282 e. The Balaban J connectivity index is 1.29. The van der Waals surface area contributed by atoms with Crippen molar-refractivity contribution in [3.05, 3.63) is 40.7 Å². The average Bonchev–Trinajstić information content (AvgIpc) is 3.23. The van der Waals surface area contributed by atoms with E-state index in [1.807, 2.05) is 18.7 Å². The van der Waals surface area contributed by atoms with E-state index in [4.69, 9.17) is 11.5 Å². The molecule has 3 amide bonds. The summed E-state index contributed by atoms with van der Waals surface area (Å²) >= 11 is 0. The maximum atomic E-state index is 13.3. The molecule has 3 aliphatic heterocycles. The molecule has 0 spiro atoms. The van der Waals surface area contributed by atoms with Crippen molar-refractivity contribution in [2.24, 2.45) is 11.5 Å². The number of primary amides is 2. The largest absolute Gasteiger partial charge is 0.382 e. The summed E-state index contributed by atoms with van der Waals surface area (Å²) in [6.07, 6.45) is 1.66. The quantitative estimate of drug-likeness (QED) is 0.313. The summed E-state index contributed by atoms with van der Waals surface area (Å²) in [4.78, 5) is 38.1. The van der Waals surface area contributed by atoms with Crippen LogP contribution in [0.5, 0.6) is 0 Å². The molecule has 2 aromatic rings. The van der Waals surface area contributed by atoms with E-state index < -0.39 is 27.6 Å². The van der Waals surface area contributed by atoms with Crippen LogP contribution in [0.15, 0.2) is 18.2 Å². The molecule has 42 heavy (non-hydrogen) atoms. The Bertz CT molecular complexity index is 1500. The van der Waals surface area contributed by atoms with Gasteiger partial charge in [0.15, 0.2) is 0 Å².